The summed E-state index contributed by atoms with van der Waals surface area (Å²) >= 11 is 7.59. The van der Waals surface area contributed by atoms with Crippen molar-refractivity contribution in [1.82, 2.24) is 10.3 Å². The van der Waals surface area contributed by atoms with E-state index in [9.17, 15) is 0 Å². The van der Waals surface area contributed by atoms with Gasteiger partial charge < -0.3 is 10.1 Å². The number of hydrogen-bond donors (Lipinski definition) is 1. The summed E-state index contributed by atoms with van der Waals surface area (Å²) in [7, 11) is 1.70. The summed E-state index contributed by atoms with van der Waals surface area (Å²) < 4.78 is 6.09. The number of hydrogen-bond acceptors (Lipinski definition) is 4. The molecule has 0 aliphatic heterocycles. The molecular weight excluding hydrogens is 244 g/mol. The Morgan fingerprint density at radius 2 is 2.38 bits per heavy atom. The van der Waals surface area contributed by atoms with E-state index in [1.807, 2.05) is 18.2 Å². The van der Waals surface area contributed by atoms with Crippen molar-refractivity contribution >= 4 is 33.2 Å². The van der Waals surface area contributed by atoms with E-state index in [1.54, 1.807) is 18.4 Å². The van der Waals surface area contributed by atoms with Gasteiger partial charge in [-0.15, -0.1) is 11.3 Å². The van der Waals surface area contributed by atoms with Crippen molar-refractivity contribution in [3.05, 3.63) is 28.2 Å². The molecular formula is C11H13ClN2OS. The third-order valence-electron chi connectivity index (χ3n) is 2.15. The van der Waals surface area contributed by atoms with E-state index in [4.69, 9.17) is 16.3 Å². The summed E-state index contributed by atoms with van der Waals surface area (Å²) in [4.78, 5) is 4.51. The van der Waals surface area contributed by atoms with Crippen LogP contribution in [0, 0.1) is 0 Å². The summed E-state index contributed by atoms with van der Waals surface area (Å²) in [5.74, 6) is 0. The minimum absolute atomic E-state index is 0.719. The van der Waals surface area contributed by atoms with Gasteiger partial charge in [-0.2, -0.15) is 0 Å². The molecule has 5 heteroatoms. The highest BCUT2D eigenvalue weighted by Crippen LogP contribution is 2.24. The number of nitrogens with one attached hydrogen (secondary N) is 1. The van der Waals surface area contributed by atoms with E-state index >= 15 is 0 Å². The second-order valence-corrected chi connectivity index (χ2v) is 4.94. The van der Waals surface area contributed by atoms with Gasteiger partial charge in [0.15, 0.2) is 0 Å². The van der Waals surface area contributed by atoms with Gasteiger partial charge in [-0.1, -0.05) is 11.6 Å². The van der Waals surface area contributed by atoms with Crippen LogP contribution in [-0.4, -0.2) is 25.2 Å². The number of aromatic nitrogens is 1. The van der Waals surface area contributed by atoms with E-state index in [2.05, 4.69) is 10.3 Å². The van der Waals surface area contributed by atoms with Crippen molar-refractivity contribution in [1.29, 1.82) is 0 Å². The fourth-order valence-corrected chi connectivity index (χ4v) is 2.60. The molecule has 1 aromatic carbocycles. The quantitative estimate of drug-likeness (QED) is 0.836. The van der Waals surface area contributed by atoms with Crippen molar-refractivity contribution in [2.75, 3.05) is 20.3 Å². The number of rotatable bonds is 5. The molecule has 2 aromatic rings. The number of nitrogens with zero attached hydrogens (tertiary/aromatic N) is 1. The van der Waals surface area contributed by atoms with Crippen molar-refractivity contribution in [3.63, 3.8) is 0 Å². The van der Waals surface area contributed by atoms with Crippen molar-refractivity contribution in [3.8, 4) is 0 Å². The van der Waals surface area contributed by atoms with Crippen LogP contribution < -0.4 is 5.32 Å². The largest absolute Gasteiger partial charge is 0.383 e. The van der Waals surface area contributed by atoms with Gasteiger partial charge in [0, 0.05) is 25.2 Å². The maximum Gasteiger partial charge on any atom is 0.108 e. The number of thiazole rings is 1. The molecule has 0 amide bonds. The Hall–Kier alpha value is -0.680. The first-order chi connectivity index (χ1) is 7.79. The third kappa shape index (κ3) is 2.92. The molecule has 0 radical (unpaired) electrons. The van der Waals surface area contributed by atoms with Gasteiger partial charge >= 0.3 is 0 Å². The molecule has 0 saturated carbocycles. The van der Waals surface area contributed by atoms with Gasteiger partial charge in [0.25, 0.3) is 0 Å². The van der Waals surface area contributed by atoms with Crippen LogP contribution in [0.4, 0.5) is 0 Å². The second-order valence-electron chi connectivity index (χ2n) is 3.39. The first-order valence-corrected chi connectivity index (χ1v) is 6.23. The molecule has 86 valence electrons. The number of methoxy groups -OCH3 is 1. The molecule has 0 unspecified atom stereocenters. The lowest BCUT2D eigenvalue weighted by atomic mass is 10.3. The molecule has 3 nitrogen and oxygen atoms in total. The van der Waals surface area contributed by atoms with Gasteiger partial charge in [-0.05, 0) is 18.2 Å². The van der Waals surface area contributed by atoms with E-state index < -0.39 is 0 Å². The number of fused-ring (bicyclic) bond motifs is 1. The van der Waals surface area contributed by atoms with Gasteiger partial charge in [0.05, 0.1) is 16.8 Å². The Morgan fingerprint density at radius 1 is 1.50 bits per heavy atom. The fourth-order valence-electron chi connectivity index (χ4n) is 1.39. The fraction of sp³-hybridized carbons (Fsp3) is 0.364. The van der Waals surface area contributed by atoms with Crippen LogP contribution in [0.3, 0.4) is 0 Å². The van der Waals surface area contributed by atoms with Crippen LogP contribution in [0.5, 0.6) is 0 Å². The maximum absolute atomic E-state index is 5.92. The van der Waals surface area contributed by atoms with Crippen LogP contribution in [-0.2, 0) is 11.3 Å². The van der Waals surface area contributed by atoms with E-state index in [0.717, 1.165) is 39.9 Å². The molecule has 1 aromatic heterocycles. The molecule has 0 atom stereocenters. The van der Waals surface area contributed by atoms with Crippen LogP contribution in [0.2, 0.25) is 5.02 Å². The standard InChI is InChI=1S/C11H13ClN2OS/c1-15-5-4-13-7-11-14-9-3-2-8(12)6-10(9)16-11/h2-3,6,13H,4-5,7H2,1H3. The molecule has 0 bridgehead atoms. The molecule has 0 fully saturated rings. The Bertz CT molecular complexity index is 472. The minimum atomic E-state index is 0.719. The summed E-state index contributed by atoms with van der Waals surface area (Å²) in [6.45, 7) is 2.34. The predicted octanol–water partition coefficient (Wildman–Crippen LogP) is 2.69. The van der Waals surface area contributed by atoms with E-state index in [-0.39, 0.29) is 0 Å². The highest BCUT2D eigenvalue weighted by atomic mass is 35.5. The molecule has 0 spiro atoms. The smallest absolute Gasteiger partial charge is 0.108 e. The van der Waals surface area contributed by atoms with Crippen LogP contribution in [0.25, 0.3) is 10.2 Å². The zero-order chi connectivity index (χ0) is 11.4. The highest BCUT2D eigenvalue weighted by molar-refractivity contribution is 7.18. The monoisotopic (exact) mass is 256 g/mol. The van der Waals surface area contributed by atoms with Crippen molar-refractivity contribution in [2.24, 2.45) is 0 Å². The Morgan fingerprint density at radius 3 is 3.19 bits per heavy atom. The highest BCUT2D eigenvalue weighted by Gasteiger charge is 2.03. The zero-order valence-electron chi connectivity index (χ0n) is 9.00. The van der Waals surface area contributed by atoms with Gasteiger partial charge in [0.1, 0.15) is 5.01 Å². The topological polar surface area (TPSA) is 34.1 Å². The van der Waals surface area contributed by atoms with Crippen molar-refractivity contribution < 1.29 is 4.74 Å². The number of benzene rings is 1. The summed E-state index contributed by atoms with van der Waals surface area (Å²) in [5, 5.41) is 5.10. The van der Waals surface area contributed by atoms with Crippen LogP contribution in [0.1, 0.15) is 5.01 Å². The molecule has 0 saturated heterocycles. The molecule has 1 N–H and O–H groups in total. The normalized spacial score (nSPS) is 11.1. The van der Waals surface area contributed by atoms with Crippen LogP contribution in [0.15, 0.2) is 18.2 Å². The summed E-state index contributed by atoms with van der Waals surface area (Å²) in [5.41, 5.74) is 1.01. The van der Waals surface area contributed by atoms with E-state index in [0.29, 0.717) is 0 Å². The van der Waals surface area contributed by atoms with Gasteiger partial charge in [0.2, 0.25) is 0 Å². The number of ether oxygens (including phenoxy) is 1. The molecule has 2 rings (SSSR count). The Labute approximate surface area is 103 Å². The first-order valence-electron chi connectivity index (χ1n) is 5.04. The Balaban J connectivity index is 2.02. The lowest BCUT2D eigenvalue weighted by molar-refractivity contribution is 0.199. The minimum Gasteiger partial charge on any atom is -0.383 e. The van der Waals surface area contributed by atoms with Crippen molar-refractivity contribution in [2.45, 2.75) is 6.54 Å². The summed E-state index contributed by atoms with van der Waals surface area (Å²) in [6, 6.07) is 5.77. The lowest BCUT2D eigenvalue weighted by Gasteiger charge is -1.99. The SMILES string of the molecule is COCCNCc1nc2ccc(Cl)cc2s1. The van der Waals surface area contributed by atoms with Gasteiger partial charge in [-0.3, -0.25) is 0 Å². The Kier molecular flexibility index (Phi) is 4.12. The molecule has 16 heavy (non-hydrogen) atoms. The summed E-state index contributed by atoms with van der Waals surface area (Å²) in [6.07, 6.45) is 0. The average Bonchev–Trinajstić information content (AvgIpc) is 2.66. The molecule has 0 aliphatic carbocycles. The van der Waals surface area contributed by atoms with E-state index in [1.165, 1.54) is 0 Å². The first kappa shape index (κ1) is 11.8. The average molecular weight is 257 g/mol. The molecule has 0 aliphatic rings. The number of halogens is 1. The zero-order valence-corrected chi connectivity index (χ0v) is 10.6. The van der Waals surface area contributed by atoms with Crippen LogP contribution >= 0.6 is 22.9 Å². The maximum atomic E-state index is 5.92. The second kappa shape index (κ2) is 5.59. The molecule has 1 heterocycles. The third-order valence-corrected chi connectivity index (χ3v) is 3.41. The van der Waals surface area contributed by atoms with Gasteiger partial charge in [-0.25, -0.2) is 4.98 Å². The lowest BCUT2D eigenvalue weighted by Crippen LogP contribution is -2.18. The predicted molar refractivity (Wildman–Crippen MR) is 68.2 cm³/mol.